The molecule has 0 bridgehead atoms. The van der Waals surface area contributed by atoms with Crippen LogP contribution in [0.2, 0.25) is 0 Å². The minimum absolute atomic E-state index is 0.0674. The van der Waals surface area contributed by atoms with E-state index in [4.69, 9.17) is 10.8 Å². The summed E-state index contributed by atoms with van der Waals surface area (Å²) in [5.41, 5.74) is 7.26. The molecule has 0 aliphatic rings. The average molecular weight is 236 g/mol. The molecule has 1 rings (SSSR count). The molecule has 0 fully saturated rings. The van der Waals surface area contributed by atoms with Gasteiger partial charge in [-0.15, -0.1) is 0 Å². The number of nitrogens with two attached hydrogens (primary N) is 1. The van der Waals surface area contributed by atoms with E-state index in [0.717, 1.165) is 24.8 Å². The quantitative estimate of drug-likeness (QED) is 0.610. The van der Waals surface area contributed by atoms with Crippen LogP contribution < -0.4 is 11.1 Å². The van der Waals surface area contributed by atoms with E-state index in [0.29, 0.717) is 18.7 Å². The molecule has 0 spiro atoms. The highest BCUT2D eigenvalue weighted by molar-refractivity contribution is 5.94. The average Bonchev–Trinajstić information content (AvgIpc) is 2.36. The van der Waals surface area contributed by atoms with Gasteiger partial charge in [-0.3, -0.25) is 4.79 Å². The predicted octanol–water partition coefficient (Wildman–Crippen LogP) is 0.690. The van der Waals surface area contributed by atoms with Gasteiger partial charge in [0.2, 0.25) is 0 Å². The summed E-state index contributed by atoms with van der Waals surface area (Å²) in [6, 6.07) is 7.48. The van der Waals surface area contributed by atoms with Gasteiger partial charge in [-0.25, -0.2) is 0 Å². The van der Waals surface area contributed by atoms with E-state index in [1.807, 2.05) is 24.3 Å². The minimum Gasteiger partial charge on any atom is -0.396 e. The zero-order valence-corrected chi connectivity index (χ0v) is 9.98. The highest BCUT2D eigenvalue weighted by Gasteiger charge is 2.03. The molecule has 0 aliphatic carbocycles. The predicted molar refractivity (Wildman–Crippen MR) is 67.9 cm³/mol. The van der Waals surface area contributed by atoms with Crippen molar-refractivity contribution >= 4 is 5.91 Å². The van der Waals surface area contributed by atoms with Gasteiger partial charge >= 0.3 is 0 Å². The Morgan fingerprint density at radius 1 is 1.24 bits per heavy atom. The summed E-state index contributed by atoms with van der Waals surface area (Å²) in [5, 5.41) is 11.4. The number of unbranched alkanes of at least 4 members (excludes halogenated alkanes) is 1. The second-order valence-corrected chi connectivity index (χ2v) is 3.92. The molecule has 0 aromatic heterocycles. The second-order valence-electron chi connectivity index (χ2n) is 3.92. The third kappa shape index (κ3) is 4.97. The van der Waals surface area contributed by atoms with E-state index in [9.17, 15) is 4.79 Å². The fourth-order valence-electron chi connectivity index (χ4n) is 1.53. The number of nitrogens with one attached hydrogen (secondary N) is 1. The van der Waals surface area contributed by atoms with E-state index >= 15 is 0 Å². The second kappa shape index (κ2) is 7.81. The fourth-order valence-corrected chi connectivity index (χ4v) is 1.53. The molecule has 1 aromatic rings. The van der Waals surface area contributed by atoms with E-state index in [-0.39, 0.29) is 12.5 Å². The number of amides is 1. The Morgan fingerprint density at radius 2 is 1.94 bits per heavy atom. The summed E-state index contributed by atoms with van der Waals surface area (Å²) < 4.78 is 0. The third-order valence-corrected chi connectivity index (χ3v) is 2.52. The van der Waals surface area contributed by atoms with Crippen molar-refractivity contribution in [1.82, 2.24) is 5.32 Å². The highest BCUT2D eigenvalue weighted by atomic mass is 16.2. The number of hydrogen-bond donors (Lipinski definition) is 3. The van der Waals surface area contributed by atoms with Crippen LogP contribution >= 0.6 is 0 Å². The first-order valence-electron chi connectivity index (χ1n) is 5.96. The van der Waals surface area contributed by atoms with Crippen LogP contribution in [0.25, 0.3) is 0 Å². The van der Waals surface area contributed by atoms with E-state index in [2.05, 4.69) is 5.32 Å². The molecule has 94 valence electrons. The molecule has 1 amide bonds. The van der Waals surface area contributed by atoms with Crippen LogP contribution in [-0.2, 0) is 6.42 Å². The summed E-state index contributed by atoms with van der Waals surface area (Å²) in [6.45, 7) is 1.39. The van der Waals surface area contributed by atoms with Gasteiger partial charge in [-0.2, -0.15) is 0 Å². The Bertz CT molecular complexity index is 336. The standard InChI is InChI=1S/C13H20N2O2/c14-8-7-11-3-5-12(6-4-11)13(17)15-9-1-2-10-16/h3-6,16H,1-2,7-10,14H2,(H,15,17). The maximum Gasteiger partial charge on any atom is 0.251 e. The molecule has 0 heterocycles. The zero-order chi connectivity index (χ0) is 12.5. The van der Waals surface area contributed by atoms with Crippen LogP contribution in [-0.4, -0.2) is 30.7 Å². The lowest BCUT2D eigenvalue weighted by atomic mass is 10.1. The molecule has 1 aromatic carbocycles. The Morgan fingerprint density at radius 3 is 2.53 bits per heavy atom. The third-order valence-electron chi connectivity index (χ3n) is 2.52. The summed E-state index contributed by atoms with van der Waals surface area (Å²) >= 11 is 0. The summed E-state index contributed by atoms with van der Waals surface area (Å²) in [4.78, 5) is 11.7. The number of aliphatic hydroxyl groups is 1. The molecule has 0 aliphatic heterocycles. The fraction of sp³-hybridized carbons (Fsp3) is 0.462. The molecule has 4 nitrogen and oxygen atoms in total. The lowest BCUT2D eigenvalue weighted by molar-refractivity contribution is 0.0952. The lowest BCUT2D eigenvalue weighted by Gasteiger charge is -2.05. The van der Waals surface area contributed by atoms with E-state index < -0.39 is 0 Å². The summed E-state index contributed by atoms with van der Waals surface area (Å²) in [7, 11) is 0. The number of rotatable bonds is 7. The molecule has 4 N–H and O–H groups in total. The van der Waals surface area contributed by atoms with Crippen LogP contribution in [0.4, 0.5) is 0 Å². The Hall–Kier alpha value is -1.39. The van der Waals surface area contributed by atoms with Gasteiger partial charge in [0.05, 0.1) is 0 Å². The number of carbonyl (C=O) groups is 1. The molecule has 0 saturated carbocycles. The molecule has 17 heavy (non-hydrogen) atoms. The first-order valence-corrected chi connectivity index (χ1v) is 5.96. The SMILES string of the molecule is NCCc1ccc(C(=O)NCCCCO)cc1. The van der Waals surface area contributed by atoms with Crippen LogP contribution in [0.5, 0.6) is 0 Å². The van der Waals surface area contributed by atoms with E-state index in [1.165, 1.54) is 0 Å². The Labute approximate surface area is 102 Å². The zero-order valence-electron chi connectivity index (χ0n) is 9.98. The van der Waals surface area contributed by atoms with Crippen molar-refractivity contribution in [3.63, 3.8) is 0 Å². The van der Waals surface area contributed by atoms with E-state index in [1.54, 1.807) is 0 Å². The molecule has 4 heteroatoms. The maximum atomic E-state index is 11.7. The molecular weight excluding hydrogens is 216 g/mol. The minimum atomic E-state index is -0.0674. The van der Waals surface area contributed by atoms with Crippen molar-refractivity contribution in [2.75, 3.05) is 19.7 Å². The van der Waals surface area contributed by atoms with Crippen LogP contribution in [0.3, 0.4) is 0 Å². The van der Waals surface area contributed by atoms with Crippen LogP contribution in [0.1, 0.15) is 28.8 Å². The summed E-state index contributed by atoms with van der Waals surface area (Å²) in [5.74, 6) is -0.0674. The van der Waals surface area contributed by atoms with Crippen LogP contribution in [0, 0.1) is 0 Å². The van der Waals surface area contributed by atoms with Crippen molar-refractivity contribution in [3.8, 4) is 0 Å². The monoisotopic (exact) mass is 236 g/mol. The molecule has 0 atom stereocenters. The molecule has 0 unspecified atom stereocenters. The smallest absolute Gasteiger partial charge is 0.251 e. The van der Waals surface area contributed by atoms with Gasteiger partial charge in [-0.1, -0.05) is 12.1 Å². The molecule has 0 saturated heterocycles. The van der Waals surface area contributed by atoms with Gasteiger partial charge in [0, 0.05) is 18.7 Å². The van der Waals surface area contributed by atoms with Gasteiger partial charge in [0.1, 0.15) is 0 Å². The van der Waals surface area contributed by atoms with Crippen LogP contribution in [0.15, 0.2) is 24.3 Å². The van der Waals surface area contributed by atoms with Crippen molar-refractivity contribution in [1.29, 1.82) is 0 Å². The van der Waals surface area contributed by atoms with Crippen molar-refractivity contribution in [2.24, 2.45) is 5.73 Å². The topological polar surface area (TPSA) is 75.4 Å². The van der Waals surface area contributed by atoms with Gasteiger partial charge in [0.25, 0.3) is 5.91 Å². The number of hydrogen-bond acceptors (Lipinski definition) is 3. The first-order chi connectivity index (χ1) is 8.27. The first kappa shape index (κ1) is 13.7. The van der Waals surface area contributed by atoms with Gasteiger partial charge in [-0.05, 0) is 43.5 Å². The lowest BCUT2D eigenvalue weighted by Crippen LogP contribution is -2.24. The largest absolute Gasteiger partial charge is 0.396 e. The van der Waals surface area contributed by atoms with Crippen molar-refractivity contribution in [3.05, 3.63) is 35.4 Å². The number of carbonyl (C=O) groups excluding carboxylic acids is 1. The molecule has 0 radical (unpaired) electrons. The van der Waals surface area contributed by atoms with Crippen molar-refractivity contribution in [2.45, 2.75) is 19.3 Å². The number of aliphatic hydroxyl groups excluding tert-OH is 1. The highest BCUT2D eigenvalue weighted by Crippen LogP contribution is 2.04. The molecular formula is C13H20N2O2. The Balaban J connectivity index is 2.40. The van der Waals surface area contributed by atoms with Gasteiger partial charge < -0.3 is 16.2 Å². The van der Waals surface area contributed by atoms with Gasteiger partial charge in [0.15, 0.2) is 0 Å². The van der Waals surface area contributed by atoms with Crippen molar-refractivity contribution < 1.29 is 9.90 Å². The maximum absolute atomic E-state index is 11.7. The number of benzene rings is 1. The Kier molecular flexibility index (Phi) is 6.29. The normalized spacial score (nSPS) is 10.2. The summed E-state index contributed by atoms with van der Waals surface area (Å²) in [6.07, 6.45) is 2.35.